The molecule has 0 aromatic heterocycles. The molecular formula is C18H22FN3O2. The molecule has 2 fully saturated rings. The van der Waals surface area contributed by atoms with E-state index in [9.17, 15) is 14.3 Å². The Morgan fingerprint density at radius 3 is 2.75 bits per heavy atom. The fourth-order valence-corrected chi connectivity index (χ4v) is 3.47. The summed E-state index contributed by atoms with van der Waals surface area (Å²) < 4.78 is 13.5. The Hall–Kier alpha value is -1.97. The first-order chi connectivity index (χ1) is 11.5. The van der Waals surface area contributed by atoms with Crippen molar-refractivity contribution in [1.29, 1.82) is 5.26 Å². The lowest BCUT2D eigenvalue weighted by Crippen LogP contribution is -2.58. The molecular weight excluding hydrogens is 309 g/mol. The molecule has 1 aromatic rings. The minimum atomic E-state index is -0.609. The van der Waals surface area contributed by atoms with Gasteiger partial charge in [-0.2, -0.15) is 5.26 Å². The number of hydrogen-bond donors (Lipinski definition) is 1. The van der Waals surface area contributed by atoms with E-state index in [1.165, 1.54) is 24.6 Å². The van der Waals surface area contributed by atoms with E-state index in [0.717, 1.165) is 19.4 Å². The summed E-state index contributed by atoms with van der Waals surface area (Å²) in [6.07, 6.45) is 3.13. The summed E-state index contributed by atoms with van der Waals surface area (Å²) in [6.45, 7) is 2.05. The van der Waals surface area contributed by atoms with E-state index < -0.39 is 5.82 Å². The predicted octanol–water partition coefficient (Wildman–Crippen LogP) is 1.61. The Balaban J connectivity index is 1.74. The van der Waals surface area contributed by atoms with E-state index in [-0.39, 0.29) is 23.6 Å². The maximum Gasteiger partial charge on any atom is 0.253 e. The number of benzene rings is 1. The van der Waals surface area contributed by atoms with Gasteiger partial charge in [-0.15, -0.1) is 0 Å². The Morgan fingerprint density at radius 1 is 1.50 bits per heavy atom. The third-order valence-corrected chi connectivity index (χ3v) is 5.23. The van der Waals surface area contributed by atoms with E-state index in [1.54, 1.807) is 18.0 Å². The Morgan fingerprint density at radius 2 is 2.21 bits per heavy atom. The van der Waals surface area contributed by atoms with Crippen LogP contribution in [0.1, 0.15) is 35.2 Å². The molecule has 1 aliphatic heterocycles. The van der Waals surface area contributed by atoms with Crippen molar-refractivity contribution in [2.45, 2.75) is 31.4 Å². The maximum atomic E-state index is 13.5. The van der Waals surface area contributed by atoms with Crippen molar-refractivity contribution in [2.24, 2.45) is 5.92 Å². The summed E-state index contributed by atoms with van der Waals surface area (Å²) in [4.78, 5) is 16.7. The number of nitrogens with zero attached hydrogens (tertiary/aromatic N) is 3. The molecule has 1 N–H and O–H groups in total. The summed E-state index contributed by atoms with van der Waals surface area (Å²) in [6, 6.07) is 5.78. The molecule has 6 heteroatoms. The number of rotatable bonds is 5. The molecule has 0 bridgehead atoms. The molecule has 24 heavy (non-hydrogen) atoms. The zero-order chi connectivity index (χ0) is 17.3. The number of carbonyl (C=O) groups is 1. The highest BCUT2D eigenvalue weighted by atomic mass is 19.1. The van der Waals surface area contributed by atoms with Gasteiger partial charge >= 0.3 is 0 Å². The molecule has 0 spiro atoms. The van der Waals surface area contributed by atoms with Gasteiger partial charge in [0.1, 0.15) is 11.9 Å². The Bertz CT molecular complexity index is 663. The van der Waals surface area contributed by atoms with Crippen LogP contribution in [0.4, 0.5) is 4.39 Å². The number of hydrogen-bond acceptors (Lipinski definition) is 4. The van der Waals surface area contributed by atoms with Crippen LogP contribution in [0.5, 0.6) is 0 Å². The van der Waals surface area contributed by atoms with Gasteiger partial charge in [-0.3, -0.25) is 9.69 Å². The van der Waals surface area contributed by atoms with Crippen molar-refractivity contribution in [3.63, 3.8) is 0 Å². The van der Waals surface area contributed by atoms with Gasteiger partial charge in [0.2, 0.25) is 0 Å². The predicted molar refractivity (Wildman–Crippen MR) is 86.8 cm³/mol. The zero-order valence-electron chi connectivity index (χ0n) is 13.8. The lowest BCUT2D eigenvalue weighted by atomic mass is 9.78. The van der Waals surface area contributed by atoms with Gasteiger partial charge < -0.3 is 10.0 Å². The number of halogens is 1. The second-order valence-electron chi connectivity index (χ2n) is 6.85. The number of likely N-dealkylation sites (tertiary alicyclic amines) is 1. The lowest BCUT2D eigenvalue weighted by molar-refractivity contribution is -0.0223. The molecule has 1 saturated heterocycles. The number of nitriles is 1. The smallest absolute Gasteiger partial charge is 0.253 e. The van der Waals surface area contributed by atoms with Crippen LogP contribution < -0.4 is 0 Å². The van der Waals surface area contributed by atoms with Gasteiger partial charge in [-0.25, -0.2) is 4.39 Å². The van der Waals surface area contributed by atoms with Crippen LogP contribution in [0, 0.1) is 23.1 Å². The van der Waals surface area contributed by atoms with Crippen LogP contribution in [0.15, 0.2) is 18.2 Å². The standard InChI is InChI=1S/C18H22FN3O2/c1-21(18(24)13-5-6-16(19)14(7-13)8-20)17(12-3-2-4-12)11-22-9-15(23)10-22/h5-7,12,15,17,23H,2-4,9-11H2,1H3/t17-/m0/s1. The van der Waals surface area contributed by atoms with Crippen molar-refractivity contribution >= 4 is 5.91 Å². The summed E-state index contributed by atoms with van der Waals surface area (Å²) in [5.41, 5.74) is 0.226. The van der Waals surface area contributed by atoms with Crippen LogP contribution in [-0.4, -0.2) is 59.6 Å². The van der Waals surface area contributed by atoms with Gasteiger partial charge in [-0.05, 0) is 37.0 Å². The Labute approximate surface area is 141 Å². The molecule has 1 aliphatic carbocycles. The summed E-state index contributed by atoms with van der Waals surface area (Å²) in [7, 11) is 1.77. The van der Waals surface area contributed by atoms with Crippen molar-refractivity contribution in [2.75, 3.05) is 26.7 Å². The highest BCUT2D eigenvalue weighted by Gasteiger charge is 2.36. The lowest BCUT2D eigenvalue weighted by Gasteiger charge is -2.45. The first-order valence-corrected chi connectivity index (χ1v) is 8.37. The number of aliphatic hydroxyl groups is 1. The normalized spacial score (nSPS) is 19.9. The fraction of sp³-hybridized carbons (Fsp3) is 0.556. The van der Waals surface area contributed by atoms with Gasteiger partial charge in [0, 0.05) is 38.3 Å². The first kappa shape index (κ1) is 16.9. The fourth-order valence-electron chi connectivity index (χ4n) is 3.47. The summed E-state index contributed by atoms with van der Waals surface area (Å²) in [5.74, 6) is -0.334. The molecule has 1 atom stereocenters. The molecule has 0 unspecified atom stereocenters. The second-order valence-corrected chi connectivity index (χ2v) is 6.85. The molecule has 0 radical (unpaired) electrons. The third-order valence-electron chi connectivity index (χ3n) is 5.23. The van der Waals surface area contributed by atoms with Crippen molar-refractivity contribution in [3.05, 3.63) is 35.1 Å². The zero-order valence-corrected chi connectivity index (χ0v) is 13.8. The molecule has 1 saturated carbocycles. The summed E-state index contributed by atoms with van der Waals surface area (Å²) in [5, 5.41) is 18.4. The van der Waals surface area contributed by atoms with Crippen LogP contribution in [0.2, 0.25) is 0 Å². The molecule has 1 aromatic carbocycles. The van der Waals surface area contributed by atoms with E-state index in [1.807, 2.05) is 0 Å². The van der Waals surface area contributed by atoms with Crippen LogP contribution in [0.3, 0.4) is 0 Å². The highest BCUT2D eigenvalue weighted by molar-refractivity contribution is 5.94. The third kappa shape index (κ3) is 3.28. The van der Waals surface area contributed by atoms with E-state index in [0.29, 0.717) is 24.6 Å². The van der Waals surface area contributed by atoms with E-state index in [2.05, 4.69) is 4.90 Å². The number of amides is 1. The second kappa shape index (κ2) is 6.88. The van der Waals surface area contributed by atoms with Crippen molar-refractivity contribution in [3.8, 4) is 6.07 Å². The average molecular weight is 331 g/mol. The SMILES string of the molecule is CN(C(=O)c1ccc(F)c(C#N)c1)[C@@H](CN1CC(O)C1)C1CCC1. The maximum absolute atomic E-state index is 13.5. The molecule has 1 heterocycles. The molecule has 2 aliphatic rings. The molecule has 1 amide bonds. The van der Waals surface area contributed by atoms with Crippen molar-refractivity contribution in [1.82, 2.24) is 9.80 Å². The number of carbonyl (C=O) groups excluding carboxylic acids is 1. The van der Waals surface area contributed by atoms with Crippen LogP contribution in [0.25, 0.3) is 0 Å². The Kier molecular flexibility index (Phi) is 4.83. The molecule has 128 valence electrons. The van der Waals surface area contributed by atoms with E-state index in [4.69, 9.17) is 5.26 Å². The number of aliphatic hydroxyl groups excluding tert-OH is 1. The van der Waals surface area contributed by atoms with Crippen LogP contribution >= 0.6 is 0 Å². The minimum absolute atomic E-state index is 0.0781. The highest BCUT2D eigenvalue weighted by Crippen LogP contribution is 2.33. The van der Waals surface area contributed by atoms with Crippen molar-refractivity contribution < 1.29 is 14.3 Å². The van der Waals surface area contributed by atoms with Crippen LogP contribution in [-0.2, 0) is 0 Å². The average Bonchev–Trinajstić information content (AvgIpc) is 2.50. The number of likely N-dealkylation sites (N-methyl/N-ethyl adjacent to an activating group) is 1. The topological polar surface area (TPSA) is 67.6 Å². The summed E-state index contributed by atoms with van der Waals surface area (Å²) >= 11 is 0. The van der Waals surface area contributed by atoms with E-state index >= 15 is 0 Å². The molecule has 3 rings (SSSR count). The monoisotopic (exact) mass is 331 g/mol. The number of β-amino-alcohol motifs (C(OH)–C–C–N with tert-alkyl or cyclic N) is 1. The van der Waals surface area contributed by atoms with Gasteiger partial charge in [0.15, 0.2) is 0 Å². The molecule has 5 nitrogen and oxygen atoms in total. The van der Waals surface area contributed by atoms with Gasteiger partial charge in [0.25, 0.3) is 5.91 Å². The minimum Gasteiger partial charge on any atom is -0.390 e. The quantitative estimate of drug-likeness (QED) is 0.890. The van der Waals surface area contributed by atoms with Gasteiger partial charge in [0.05, 0.1) is 11.7 Å². The first-order valence-electron chi connectivity index (χ1n) is 8.37. The largest absolute Gasteiger partial charge is 0.390 e. The van der Waals surface area contributed by atoms with Gasteiger partial charge in [-0.1, -0.05) is 6.42 Å².